The number of unbranched alkanes of at least 4 members (excludes halogenated alkanes) is 3. The number of rotatable bonds is 7. The van der Waals surface area contributed by atoms with Crippen LogP contribution in [0.25, 0.3) is 6.08 Å². The second-order valence-corrected chi connectivity index (χ2v) is 7.60. The highest BCUT2D eigenvalue weighted by Crippen LogP contribution is 2.30. The van der Waals surface area contributed by atoms with Crippen LogP contribution in [0.2, 0.25) is 0 Å². The maximum atomic E-state index is 10.6. The van der Waals surface area contributed by atoms with Crippen molar-refractivity contribution in [2.24, 2.45) is 10.2 Å². The predicted octanol–water partition coefficient (Wildman–Crippen LogP) is 5.44. The van der Waals surface area contributed by atoms with Crippen LogP contribution in [0.1, 0.15) is 43.0 Å². The van der Waals surface area contributed by atoms with Crippen molar-refractivity contribution in [3.8, 4) is 5.88 Å². The van der Waals surface area contributed by atoms with Crippen molar-refractivity contribution in [1.29, 1.82) is 0 Å². The van der Waals surface area contributed by atoms with E-state index in [0.29, 0.717) is 3.95 Å². The number of allylic oxidation sites excluding steroid dienone is 1. The molecule has 0 saturated heterocycles. The standard InChI is InChI=1S/C19H21N3OS2/c1-2-3-4-8-11-22-18(23)16(25-19(22)24)12-15-13-20-21-17(15)14-9-6-5-7-10-14/h5-7,9-10,12-13,23H,2-4,8,11H2,1H3/b15-12-. The van der Waals surface area contributed by atoms with Gasteiger partial charge in [-0.2, -0.15) is 5.10 Å². The van der Waals surface area contributed by atoms with Gasteiger partial charge < -0.3 is 5.11 Å². The monoisotopic (exact) mass is 371 g/mol. The summed E-state index contributed by atoms with van der Waals surface area (Å²) >= 11 is 6.85. The quantitative estimate of drug-likeness (QED) is 0.520. The van der Waals surface area contributed by atoms with Gasteiger partial charge in [0.25, 0.3) is 0 Å². The van der Waals surface area contributed by atoms with Crippen LogP contribution in [0.15, 0.2) is 46.1 Å². The Hall–Kier alpha value is -2.05. The van der Waals surface area contributed by atoms with E-state index in [9.17, 15) is 5.11 Å². The molecule has 2 aromatic rings. The van der Waals surface area contributed by atoms with Gasteiger partial charge in [-0.25, -0.2) is 0 Å². The third-order valence-electron chi connectivity index (χ3n) is 4.09. The maximum absolute atomic E-state index is 10.6. The van der Waals surface area contributed by atoms with Gasteiger partial charge in [-0.3, -0.25) is 4.57 Å². The Morgan fingerprint density at radius 2 is 2.00 bits per heavy atom. The molecule has 0 unspecified atom stereocenters. The number of hydrogen-bond donors (Lipinski definition) is 1. The second-order valence-electron chi connectivity index (χ2n) is 5.93. The van der Waals surface area contributed by atoms with E-state index >= 15 is 0 Å². The Labute approximate surface area is 156 Å². The minimum Gasteiger partial charge on any atom is -0.493 e. The number of nitrogens with zero attached hydrogens (tertiary/aromatic N) is 3. The largest absolute Gasteiger partial charge is 0.493 e. The van der Waals surface area contributed by atoms with Gasteiger partial charge in [-0.1, -0.05) is 56.5 Å². The summed E-state index contributed by atoms with van der Waals surface area (Å²) < 4.78 is 2.53. The summed E-state index contributed by atoms with van der Waals surface area (Å²) in [7, 11) is 0. The molecule has 1 aromatic heterocycles. The van der Waals surface area contributed by atoms with E-state index in [1.54, 1.807) is 6.21 Å². The maximum Gasteiger partial charge on any atom is 0.210 e. The summed E-state index contributed by atoms with van der Waals surface area (Å²) in [6.07, 6.45) is 8.22. The van der Waals surface area contributed by atoms with E-state index in [0.717, 1.165) is 41.1 Å². The molecule has 2 heterocycles. The molecule has 1 aromatic carbocycles. The first-order chi connectivity index (χ1) is 12.2. The number of benzene rings is 1. The van der Waals surface area contributed by atoms with Crippen LogP contribution in [0, 0.1) is 3.95 Å². The summed E-state index contributed by atoms with van der Waals surface area (Å²) in [5, 5.41) is 18.8. The predicted molar refractivity (Wildman–Crippen MR) is 108 cm³/mol. The van der Waals surface area contributed by atoms with E-state index < -0.39 is 0 Å². The van der Waals surface area contributed by atoms with Gasteiger partial charge in [0.1, 0.15) is 5.71 Å². The van der Waals surface area contributed by atoms with E-state index in [1.807, 2.05) is 41.0 Å². The molecular weight excluding hydrogens is 350 g/mol. The van der Waals surface area contributed by atoms with Crippen molar-refractivity contribution in [3.05, 3.63) is 50.3 Å². The lowest BCUT2D eigenvalue weighted by Gasteiger charge is -2.05. The molecule has 0 amide bonds. The average Bonchev–Trinajstić information content (AvgIpc) is 3.19. The Kier molecular flexibility index (Phi) is 5.94. The van der Waals surface area contributed by atoms with Crippen molar-refractivity contribution in [2.75, 3.05) is 0 Å². The summed E-state index contributed by atoms with van der Waals surface area (Å²) in [6, 6.07) is 9.92. The highest BCUT2D eigenvalue weighted by Gasteiger charge is 2.16. The second kappa shape index (κ2) is 8.36. The van der Waals surface area contributed by atoms with Crippen LogP contribution < -0.4 is 0 Å². The molecule has 0 atom stereocenters. The smallest absolute Gasteiger partial charge is 0.210 e. The number of aromatic hydroxyl groups is 1. The van der Waals surface area contributed by atoms with Crippen LogP contribution in [0.4, 0.5) is 0 Å². The molecule has 1 aliphatic rings. The van der Waals surface area contributed by atoms with Crippen molar-refractivity contribution in [1.82, 2.24) is 4.57 Å². The zero-order valence-electron chi connectivity index (χ0n) is 14.2. The first kappa shape index (κ1) is 17.8. The molecule has 0 bridgehead atoms. The van der Waals surface area contributed by atoms with Crippen LogP contribution in [0.3, 0.4) is 0 Å². The highest BCUT2D eigenvalue weighted by molar-refractivity contribution is 7.73. The minimum absolute atomic E-state index is 0.242. The topological polar surface area (TPSA) is 49.9 Å². The van der Waals surface area contributed by atoms with E-state index in [-0.39, 0.29) is 5.88 Å². The molecule has 3 rings (SSSR count). The molecule has 25 heavy (non-hydrogen) atoms. The van der Waals surface area contributed by atoms with E-state index in [4.69, 9.17) is 12.2 Å². The van der Waals surface area contributed by atoms with Crippen molar-refractivity contribution >= 4 is 41.6 Å². The molecule has 1 N–H and O–H groups in total. The fraction of sp³-hybridized carbons (Fsp3) is 0.316. The van der Waals surface area contributed by atoms with Gasteiger partial charge in [0, 0.05) is 17.7 Å². The molecule has 0 saturated carbocycles. The Balaban J connectivity index is 1.83. The Morgan fingerprint density at radius 3 is 2.76 bits per heavy atom. The summed E-state index contributed by atoms with van der Waals surface area (Å²) in [5.41, 5.74) is 2.71. The van der Waals surface area contributed by atoms with Crippen LogP contribution in [0.5, 0.6) is 5.88 Å². The SMILES string of the molecule is CCCCCCn1c(O)c(/C=C2/C=NN=C2c2ccccc2)sc1=S. The summed E-state index contributed by atoms with van der Waals surface area (Å²) in [4.78, 5) is 0.757. The molecule has 0 fully saturated rings. The lowest BCUT2D eigenvalue weighted by atomic mass is 10.0. The molecule has 0 aliphatic carbocycles. The van der Waals surface area contributed by atoms with Crippen LogP contribution in [-0.4, -0.2) is 21.6 Å². The van der Waals surface area contributed by atoms with Gasteiger partial charge in [-0.05, 0) is 24.7 Å². The van der Waals surface area contributed by atoms with E-state index in [1.165, 1.54) is 24.2 Å². The number of thiazole rings is 1. The minimum atomic E-state index is 0.242. The first-order valence-electron chi connectivity index (χ1n) is 8.52. The van der Waals surface area contributed by atoms with Crippen molar-refractivity contribution in [3.63, 3.8) is 0 Å². The molecule has 0 radical (unpaired) electrons. The Morgan fingerprint density at radius 1 is 1.20 bits per heavy atom. The Bertz CT molecular complexity index is 876. The number of aromatic nitrogens is 1. The highest BCUT2D eigenvalue weighted by atomic mass is 32.1. The fourth-order valence-corrected chi connectivity index (χ4v) is 4.05. The van der Waals surface area contributed by atoms with Crippen LogP contribution >= 0.6 is 23.6 Å². The zero-order valence-corrected chi connectivity index (χ0v) is 15.8. The molecule has 4 nitrogen and oxygen atoms in total. The zero-order chi connectivity index (χ0) is 17.6. The molecule has 6 heteroatoms. The summed E-state index contributed by atoms with van der Waals surface area (Å²) in [5.74, 6) is 0.242. The van der Waals surface area contributed by atoms with Gasteiger partial charge >= 0.3 is 0 Å². The van der Waals surface area contributed by atoms with Gasteiger partial charge in [0.15, 0.2) is 3.95 Å². The summed E-state index contributed by atoms with van der Waals surface area (Å²) in [6.45, 7) is 2.95. The van der Waals surface area contributed by atoms with Gasteiger partial charge in [0.2, 0.25) is 5.88 Å². The van der Waals surface area contributed by atoms with Crippen molar-refractivity contribution in [2.45, 2.75) is 39.2 Å². The van der Waals surface area contributed by atoms with Gasteiger partial charge in [-0.15, -0.1) is 16.4 Å². The van der Waals surface area contributed by atoms with Gasteiger partial charge in [0.05, 0.1) is 11.1 Å². The third-order valence-corrected chi connectivity index (χ3v) is 5.48. The first-order valence-corrected chi connectivity index (χ1v) is 9.74. The third kappa shape index (κ3) is 4.14. The van der Waals surface area contributed by atoms with E-state index in [2.05, 4.69) is 17.1 Å². The fourth-order valence-electron chi connectivity index (χ4n) is 2.74. The normalized spacial score (nSPS) is 15.1. The molecule has 1 aliphatic heterocycles. The number of hydrogen-bond acceptors (Lipinski definition) is 5. The lowest BCUT2D eigenvalue weighted by molar-refractivity contribution is 0.407. The lowest BCUT2D eigenvalue weighted by Crippen LogP contribution is -2.02. The molecule has 0 spiro atoms. The molecule has 130 valence electrons. The molecular formula is C19H21N3OS2. The average molecular weight is 372 g/mol. The van der Waals surface area contributed by atoms with Crippen LogP contribution in [-0.2, 0) is 6.54 Å². The van der Waals surface area contributed by atoms with Crippen molar-refractivity contribution < 1.29 is 5.11 Å².